The first-order chi connectivity index (χ1) is 10.4. The van der Waals surface area contributed by atoms with Gasteiger partial charge in [-0.25, -0.2) is 0 Å². The van der Waals surface area contributed by atoms with Gasteiger partial charge in [0, 0.05) is 5.56 Å². The molecule has 6 heteroatoms. The van der Waals surface area contributed by atoms with E-state index in [1.54, 1.807) is 24.3 Å². The van der Waals surface area contributed by atoms with Gasteiger partial charge in [-0.05, 0) is 56.7 Å². The number of carbonyl (C=O) groups excluding carboxylic acids is 1. The molecule has 0 saturated heterocycles. The SMILES string of the molecule is C[Si](C)(C)O[C@@H]1CC=CC[C@@H]1NC(=O)c1ccc(OP)cc1. The molecule has 0 bridgehead atoms. The Bertz CT molecular complexity index is 539. The van der Waals surface area contributed by atoms with Crippen LogP contribution in [0.1, 0.15) is 23.2 Å². The molecular formula is C16H24NO3PSi. The average Bonchev–Trinajstić information content (AvgIpc) is 2.48. The molecule has 1 aromatic rings. The number of hydrogen-bond acceptors (Lipinski definition) is 3. The maximum absolute atomic E-state index is 12.4. The van der Waals surface area contributed by atoms with Crippen molar-refractivity contribution in [1.82, 2.24) is 5.32 Å². The van der Waals surface area contributed by atoms with Crippen LogP contribution in [0.3, 0.4) is 0 Å². The fourth-order valence-corrected chi connectivity index (χ4v) is 3.79. The molecule has 4 nitrogen and oxygen atoms in total. The van der Waals surface area contributed by atoms with Crippen molar-refractivity contribution in [3.8, 4) is 5.75 Å². The maximum atomic E-state index is 12.4. The summed E-state index contributed by atoms with van der Waals surface area (Å²) in [6.07, 6.45) is 5.98. The van der Waals surface area contributed by atoms with Gasteiger partial charge < -0.3 is 14.3 Å². The lowest BCUT2D eigenvalue weighted by molar-refractivity contribution is 0.0857. The summed E-state index contributed by atoms with van der Waals surface area (Å²) in [7, 11) is 0.558. The monoisotopic (exact) mass is 337 g/mol. The standard InChI is InChI=1S/C16H24NO3PSi/c1-22(2,3)20-15-7-5-4-6-14(15)17-16(18)12-8-10-13(19-21)11-9-12/h4-5,8-11,14-15H,6-7,21H2,1-3H3,(H,17,18)/t14-,15+/m0/s1. The summed E-state index contributed by atoms with van der Waals surface area (Å²) in [4.78, 5) is 12.4. The molecule has 0 fully saturated rings. The number of rotatable bonds is 5. The lowest BCUT2D eigenvalue weighted by Gasteiger charge is -2.34. The Kier molecular flexibility index (Phi) is 5.79. The second kappa shape index (κ2) is 7.40. The third-order valence-electron chi connectivity index (χ3n) is 3.45. The predicted octanol–water partition coefficient (Wildman–Crippen LogP) is 3.52. The van der Waals surface area contributed by atoms with Crippen molar-refractivity contribution in [2.45, 2.75) is 44.6 Å². The highest BCUT2D eigenvalue weighted by atomic mass is 31.0. The van der Waals surface area contributed by atoms with E-state index in [1.165, 1.54) is 0 Å². The molecule has 0 aliphatic heterocycles. The van der Waals surface area contributed by atoms with Crippen molar-refractivity contribution in [3.63, 3.8) is 0 Å². The second-order valence-corrected chi connectivity index (χ2v) is 11.1. The predicted molar refractivity (Wildman–Crippen MR) is 94.6 cm³/mol. The Morgan fingerprint density at radius 1 is 1.18 bits per heavy atom. The summed E-state index contributed by atoms with van der Waals surface area (Å²) in [5.74, 6) is 0.641. The summed E-state index contributed by atoms with van der Waals surface area (Å²) in [6.45, 7) is 6.52. The fourth-order valence-electron chi connectivity index (χ4n) is 2.46. The van der Waals surface area contributed by atoms with E-state index in [9.17, 15) is 4.79 Å². The first-order valence-corrected chi connectivity index (χ1v) is 11.4. The maximum Gasteiger partial charge on any atom is 0.251 e. The molecular weight excluding hydrogens is 313 g/mol. The van der Waals surface area contributed by atoms with Crippen LogP contribution in [0.15, 0.2) is 36.4 Å². The van der Waals surface area contributed by atoms with Crippen LogP contribution in [0.2, 0.25) is 19.6 Å². The van der Waals surface area contributed by atoms with Crippen molar-refractivity contribution in [2.75, 3.05) is 0 Å². The highest BCUT2D eigenvalue weighted by Crippen LogP contribution is 2.21. The smallest absolute Gasteiger partial charge is 0.251 e. The van der Waals surface area contributed by atoms with Gasteiger partial charge in [0.2, 0.25) is 0 Å². The molecule has 0 saturated carbocycles. The van der Waals surface area contributed by atoms with Crippen LogP contribution in [0.5, 0.6) is 5.75 Å². The van der Waals surface area contributed by atoms with Crippen molar-refractivity contribution in [1.29, 1.82) is 0 Å². The van der Waals surface area contributed by atoms with Crippen LogP contribution in [-0.2, 0) is 4.43 Å². The summed E-state index contributed by atoms with van der Waals surface area (Å²) in [5.41, 5.74) is 0.632. The zero-order valence-electron chi connectivity index (χ0n) is 13.3. The number of carbonyl (C=O) groups is 1. The number of hydrogen-bond donors (Lipinski definition) is 1. The van der Waals surface area contributed by atoms with Gasteiger partial charge in [-0.15, -0.1) is 0 Å². The van der Waals surface area contributed by atoms with E-state index in [4.69, 9.17) is 8.95 Å². The highest BCUT2D eigenvalue weighted by molar-refractivity contribution is 7.10. The van der Waals surface area contributed by atoms with Crippen LogP contribution in [0.4, 0.5) is 0 Å². The zero-order chi connectivity index (χ0) is 16.2. The van der Waals surface area contributed by atoms with Gasteiger partial charge in [-0.3, -0.25) is 4.79 Å². The normalized spacial score (nSPS) is 21.5. The van der Waals surface area contributed by atoms with Crippen LogP contribution in [0.25, 0.3) is 0 Å². The largest absolute Gasteiger partial charge is 0.480 e. The molecule has 120 valence electrons. The first kappa shape index (κ1) is 17.2. The van der Waals surface area contributed by atoms with E-state index >= 15 is 0 Å². The van der Waals surface area contributed by atoms with E-state index in [-0.39, 0.29) is 18.1 Å². The Morgan fingerprint density at radius 2 is 1.82 bits per heavy atom. The van der Waals surface area contributed by atoms with Crippen LogP contribution in [-0.4, -0.2) is 26.4 Å². The van der Waals surface area contributed by atoms with E-state index in [0.29, 0.717) is 11.3 Å². The molecule has 0 spiro atoms. The highest BCUT2D eigenvalue weighted by Gasteiger charge is 2.29. The average molecular weight is 337 g/mol. The minimum absolute atomic E-state index is 0.0295. The molecule has 1 aromatic carbocycles. The number of benzene rings is 1. The summed E-state index contributed by atoms with van der Waals surface area (Å²) < 4.78 is 11.2. The molecule has 1 N–H and O–H groups in total. The lowest BCUT2D eigenvalue weighted by atomic mass is 9.98. The summed E-state index contributed by atoms with van der Waals surface area (Å²) in [6, 6.07) is 7.11. The number of nitrogens with one attached hydrogen (secondary N) is 1. The molecule has 1 amide bonds. The van der Waals surface area contributed by atoms with Crippen LogP contribution < -0.4 is 9.84 Å². The topological polar surface area (TPSA) is 47.6 Å². The van der Waals surface area contributed by atoms with E-state index < -0.39 is 8.32 Å². The quantitative estimate of drug-likeness (QED) is 0.508. The van der Waals surface area contributed by atoms with E-state index in [1.807, 2.05) is 0 Å². The van der Waals surface area contributed by atoms with Gasteiger partial charge in [-0.1, -0.05) is 12.2 Å². The Morgan fingerprint density at radius 3 is 2.41 bits per heavy atom. The van der Waals surface area contributed by atoms with Gasteiger partial charge in [-0.2, -0.15) is 0 Å². The Labute approximate surface area is 135 Å². The second-order valence-electron chi connectivity index (χ2n) is 6.43. The Hall–Kier alpha value is -1.16. The molecule has 0 radical (unpaired) electrons. The molecule has 22 heavy (non-hydrogen) atoms. The third-order valence-corrected chi connectivity index (χ3v) is 4.73. The molecule has 1 aliphatic carbocycles. The lowest BCUT2D eigenvalue weighted by Crippen LogP contribution is -2.48. The van der Waals surface area contributed by atoms with Crippen LogP contribution >= 0.6 is 9.47 Å². The molecule has 1 aliphatic rings. The van der Waals surface area contributed by atoms with Gasteiger partial charge in [0.05, 0.1) is 21.6 Å². The van der Waals surface area contributed by atoms with Gasteiger partial charge in [0.15, 0.2) is 8.32 Å². The minimum atomic E-state index is -1.63. The molecule has 3 atom stereocenters. The van der Waals surface area contributed by atoms with Crippen molar-refractivity contribution in [2.24, 2.45) is 0 Å². The van der Waals surface area contributed by atoms with E-state index in [0.717, 1.165) is 12.8 Å². The van der Waals surface area contributed by atoms with Crippen LogP contribution in [0, 0.1) is 0 Å². The molecule has 0 heterocycles. The third kappa shape index (κ3) is 4.94. The number of amides is 1. The first-order valence-electron chi connectivity index (χ1n) is 7.49. The summed E-state index contributed by atoms with van der Waals surface area (Å²) in [5, 5.41) is 3.11. The summed E-state index contributed by atoms with van der Waals surface area (Å²) >= 11 is 0. The molecule has 2 rings (SSSR count). The Balaban J connectivity index is 2.03. The fraction of sp³-hybridized carbons (Fsp3) is 0.438. The zero-order valence-corrected chi connectivity index (χ0v) is 15.5. The minimum Gasteiger partial charge on any atom is -0.480 e. The van der Waals surface area contributed by atoms with Gasteiger partial charge in [0.1, 0.15) is 5.75 Å². The molecule has 0 aromatic heterocycles. The van der Waals surface area contributed by atoms with Crippen molar-refractivity contribution in [3.05, 3.63) is 42.0 Å². The van der Waals surface area contributed by atoms with Gasteiger partial charge in [0.25, 0.3) is 5.91 Å². The van der Waals surface area contributed by atoms with E-state index in [2.05, 4.69) is 46.6 Å². The van der Waals surface area contributed by atoms with Crippen molar-refractivity contribution >= 4 is 23.7 Å². The molecule has 1 unspecified atom stereocenters. The van der Waals surface area contributed by atoms with Crippen molar-refractivity contribution < 1.29 is 13.7 Å². The van der Waals surface area contributed by atoms with Gasteiger partial charge >= 0.3 is 0 Å².